The van der Waals surface area contributed by atoms with Crippen LogP contribution in [0.1, 0.15) is 6.42 Å². The van der Waals surface area contributed by atoms with E-state index < -0.39 is 0 Å². The molecule has 0 amide bonds. The molecule has 3 aliphatic rings. The van der Waals surface area contributed by atoms with Gasteiger partial charge in [0.2, 0.25) is 0 Å². The highest BCUT2D eigenvalue weighted by atomic mass is 15.5. The molecule has 0 unspecified atom stereocenters. The summed E-state index contributed by atoms with van der Waals surface area (Å²) in [5.74, 6) is 0.678. The average molecular weight is 437 g/mol. The zero-order valence-corrected chi connectivity index (χ0v) is 19.3. The van der Waals surface area contributed by atoms with Crippen LogP contribution in [0.25, 0.3) is 0 Å². The van der Waals surface area contributed by atoms with E-state index in [4.69, 9.17) is 0 Å². The highest BCUT2D eigenvalue weighted by molar-refractivity contribution is 5.52. The zero-order chi connectivity index (χ0) is 22.4. The first-order chi connectivity index (χ1) is 15.6. The van der Waals surface area contributed by atoms with Gasteiger partial charge in [-0.3, -0.25) is 4.90 Å². The number of quaternary nitrogens is 1. The molecule has 32 heavy (non-hydrogen) atoms. The summed E-state index contributed by atoms with van der Waals surface area (Å²) in [6.45, 7) is 19.0. The Morgan fingerprint density at radius 1 is 1.09 bits per heavy atom. The van der Waals surface area contributed by atoms with Gasteiger partial charge < -0.3 is 9.38 Å². The monoisotopic (exact) mass is 436 g/mol. The molecule has 8 heteroatoms. The fourth-order valence-corrected chi connectivity index (χ4v) is 4.72. The molecule has 0 spiro atoms. The van der Waals surface area contributed by atoms with Gasteiger partial charge >= 0.3 is 5.95 Å². The summed E-state index contributed by atoms with van der Waals surface area (Å²) in [6, 6.07) is 8.29. The third-order valence-corrected chi connectivity index (χ3v) is 6.79. The summed E-state index contributed by atoms with van der Waals surface area (Å²) in [7, 11) is 2.18. The van der Waals surface area contributed by atoms with E-state index in [0.29, 0.717) is 19.0 Å². The van der Waals surface area contributed by atoms with Gasteiger partial charge in [-0.1, -0.05) is 35.5 Å². The van der Waals surface area contributed by atoms with Crippen molar-refractivity contribution in [3.8, 4) is 0 Å². The maximum atomic E-state index is 4.44. The number of hydrogen-bond acceptors (Lipinski definition) is 5. The second-order valence-corrected chi connectivity index (χ2v) is 8.91. The van der Waals surface area contributed by atoms with Crippen molar-refractivity contribution in [2.24, 2.45) is 10.2 Å². The lowest BCUT2D eigenvalue weighted by molar-refractivity contribution is -0.941. The Hall–Kier alpha value is -2.84. The summed E-state index contributed by atoms with van der Waals surface area (Å²) in [5.41, 5.74) is 2.04. The van der Waals surface area contributed by atoms with E-state index >= 15 is 0 Å². The molecule has 8 nitrogen and oxygen atoms in total. The standard InChI is InChI=1S/C24H36N8/c1-4-11-30-21-25-31(12-5-2)24(30)27-26-22-7-9-23(10-8-22)28(3)13-6-17-32-18-14-29(15-19-32)16-20-32/h4-5,7-10,21H,1-2,6,11-20H2,3H3/q+2. The highest BCUT2D eigenvalue weighted by Crippen LogP contribution is 2.23. The molecule has 0 saturated carbocycles. The molecule has 0 atom stereocenters. The van der Waals surface area contributed by atoms with Gasteiger partial charge in [-0.2, -0.15) is 0 Å². The Morgan fingerprint density at radius 3 is 2.47 bits per heavy atom. The molecule has 3 aliphatic heterocycles. The Morgan fingerprint density at radius 2 is 1.81 bits per heavy atom. The number of azo groups is 1. The van der Waals surface area contributed by atoms with E-state index in [1.165, 1.54) is 62.4 Å². The summed E-state index contributed by atoms with van der Waals surface area (Å²) in [4.78, 5) is 4.95. The second-order valence-electron chi connectivity index (χ2n) is 8.91. The van der Waals surface area contributed by atoms with Gasteiger partial charge in [0.25, 0.3) is 0 Å². The van der Waals surface area contributed by atoms with Crippen molar-refractivity contribution >= 4 is 17.3 Å². The van der Waals surface area contributed by atoms with Crippen LogP contribution in [0.15, 0.2) is 66.1 Å². The fourth-order valence-electron chi connectivity index (χ4n) is 4.72. The number of hydrogen-bond donors (Lipinski definition) is 0. The third-order valence-electron chi connectivity index (χ3n) is 6.79. The van der Waals surface area contributed by atoms with Crippen LogP contribution in [0, 0.1) is 0 Å². The van der Waals surface area contributed by atoms with Crippen LogP contribution in [-0.4, -0.2) is 78.5 Å². The molecule has 0 radical (unpaired) electrons. The predicted octanol–water partition coefficient (Wildman–Crippen LogP) is 2.93. The predicted molar refractivity (Wildman–Crippen MR) is 127 cm³/mol. The van der Waals surface area contributed by atoms with E-state index in [2.05, 4.69) is 57.5 Å². The van der Waals surface area contributed by atoms with E-state index in [9.17, 15) is 0 Å². The van der Waals surface area contributed by atoms with Gasteiger partial charge in [-0.05, 0) is 24.3 Å². The molecule has 3 saturated heterocycles. The molecule has 2 aromatic rings. The topological polar surface area (TPSA) is 52.9 Å². The van der Waals surface area contributed by atoms with Crippen molar-refractivity contribution in [1.29, 1.82) is 0 Å². The minimum absolute atomic E-state index is 0.584. The minimum Gasteiger partial charge on any atom is -0.374 e. The quantitative estimate of drug-likeness (QED) is 0.236. The number of anilines is 1. The lowest BCUT2D eigenvalue weighted by Crippen LogP contribution is -2.67. The van der Waals surface area contributed by atoms with Gasteiger partial charge in [0, 0.05) is 50.4 Å². The molecule has 2 bridgehead atoms. The van der Waals surface area contributed by atoms with Crippen LogP contribution in [-0.2, 0) is 13.1 Å². The minimum atomic E-state index is 0.584. The number of fused-ring (bicyclic) bond motifs is 3. The SMILES string of the molecule is C=CCn1cn[n+](CC=C)c1/N=N/c1ccc(N(C)CCC[N+]23CCN(CC2)CC3)cc1. The lowest BCUT2D eigenvalue weighted by Gasteiger charge is -2.50. The van der Waals surface area contributed by atoms with Gasteiger partial charge in [0.15, 0.2) is 6.33 Å². The zero-order valence-electron chi connectivity index (χ0n) is 19.3. The molecular formula is C24H36N8+2. The first-order valence-corrected chi connectivity index (χ1v) is 11.6. The lowest BCUT2D eigenvalue weighted by atomic mass is 10.1. The molecule has 1 aromatic carbocycles. The maximum Gasteiger partial charge on any atom is 0.442 e. The smallest absolute Gasteiger partial charge is 0.374 e. The number of allylic oxidation sites excluding steroid dienone is 2. The van der Waals surface area contributed by atoms with Gasteiger partial charge in [-0.15, -0.1) is 4.68 Å². The maximum absolute atomic E-state index is 4.44. The number of rotatable bonds is 11. The molecule has 1 aromatic heterocycles. The highest BCUT2D eigenvalue weighted by Gasteiger charge is 2.37. The van der Waals surface area contributed by atoms with Crippen LogP contribution < -0.4 is 9.58 Å². The molecule has 0 aliphatic carbocycles. The van der Waals surface area contributed by atoms with Crippen LogP contribution in [0.3, 0.4) is 0 Å². The molecule has 4 heterocycles. The largest absolute Gasteiger partial charge is 0.442 e. The summed E-state index contributed by atoms with van der Waals surface area (Å²) in [6.07, 6.45) is 6.59. The van der Waals surface area contributed by atoms with E-state index in [0.717, 1.165) is 12.2 Å². The fraction of sp³-hybridized carbons (Fsp3) is 0.500. The molecule has 0 N–H and O–H groups in total. The van der Waals surface area contributed by atoms with Crippen molar-refractivity contribution in [3.63, 3.8) is 0 Å². The Balaban J connectivity index is 1.33. The van der Waals surface area contributed by atoms with Gasteiger partial charge in [0.1, 0.15) is 12.2 Å². The number of nitrogens with zero attached hydrogens (tertiary/aromatic N) is 8. The van der Waals surface area contributed by atoms with Crippen molar-refractivity contribution in [2.75, 3.05) is 64.3 Å². The van der Waals surface area contributed by atoms with Crippen LogP contribution in [0.4, 0.5) is 17.3 Å². The first-order valence-electron chi connectivity index (χ1n) is 11.6. The normalized spacial score (nSPS) is 22.3. The first kappa shape index (κ1) is 22.4. The van der Waals surface area contributed by atoms with Crippen molar-refractivity contribution in [1.82, 2.24) is 14.6 Å². The Kier molecular flexibility index (Phi) is 7.12. The third kappa shape index (κ3) is 5.14. The van der Waals surface area contributed by atoms with Gasteiger partial charge in [0.05, 0.1) is 32.7 Å². The van der Waals surface area contributed by atoms with E-state index in [-0.39, 0.29) is 0 Å². The van der Waals surface area contributed by atoms with E-state index in [1.807, 2.05) is 22.8 Å². The number of benzene rings is 1. The van der Waals surface area contributed by atoms with Gasteiger partial charge in [-0.25, -0.2) is 4.57 Å². The molecule has 5 rings (SSSR count). The van der Waals surface area contributed by atoms with Crippen molar-refractivity contribution < 1.29 is 9.16 Å². The van der Waals surface area contributed by atoms with E-state index in [1.54, 1.807) is 17.1 Å². The molecule has 3 fully saturated rings. The number of piperazine rings is 3. The van der Waals surface area contributed by atoms with Crippen LogP contribution in [0.2, 0.25) is 0 Å². The van der Waals surface area contributed by atoms with Crippen molar-refractivity contribution in [3.05, 3.63) is 55.9 Å². The van der Waals surface area contributed by atoms with Crippen LogP contribution in [0.5, 0.6) is 0 Å². The average Bonchev–Trinajstić information content (AvgIpc) is 3.20. The molecular weight excluding hydrogens is 400 g/mol. The Labute approximate surface area is 191 Å². The van der Waals surface area contributed by atoms with Crippen molar-refractivity contribution in [2.45, 2.75) is 19.5 Å². The summed E-state index contributed by atoms with van der Waals surface area (Å²) < 4.78 is 5.02. The molecule has 170 valence electrons. The number of aromatic nitrogens is 3. The van der Waals surface area contributed by atoms with Crippen LogP contribution >= 0.6 is 0 Å². The Bertz CT molecular complexity index is 896. The summed E-state index contributed by atoms with van der Waals surface area (Å²) in [5, 5.41) is 13.2. The second kappa shape index (κ2) is 10.2. The summed E-state index contributed by atoms with van der Waals surface area (Å²) >= 11 is 0.